The van der Waals surface area contributed by atoms with Gasteiger partial charge >= 0.3 is 5.97 Å². The molecule has 4 nitrogen and oxygen atoms in total. The van der Waals surface area contributed by atoms with E-state index in [1.807, 2.05) is 0 Å². The number of nitrogens with two attached hydrogens (primary N) is 1. The molecule has 0 saturated carbocycles. The van der Waals surface area contributed by atoms with Crippen molar-refractivity contribution < 1.29 is 13.9 Å². The predicted molar refractivity (Wildman–Crippen MR) is 81.3 cm³/mol. The van der Waals surface area contributed by atoms with Gasteiger partial charge in [-0.05, 0) is 31.2 Å². The smallest absolute Gasteiger partial charge is 0.340 e. The molecule has 2 rings (SSSR count). The van der Waals surface area contributed by atoms with Crippen molar-refractivity contribution in [3.8, 4) is 0 Å². The van der Waals surface area contributed by atoms with Gasteiger partial charge in [-0.3, -0.25) is 0 Å². The van der Waals surface area contributed by atoms with Crippen LogP contribution in [0, 0.1) is 5.82 Å². The van der Waals surface area contributed by atoms with Gasteiger partial charge < -0.3 is 15.4 Å². The summed E-state index contributed by atoms with van der Waals surface area (Å²) in [7, 11) is 1.69. The van der Waals surface area contributed by atoms with E-state index in [2.05, 4.69) is 0 Å². The molecule has 0 aliphatic heterocycles. The van der Waals surface area contributed by atoms with Gasteiger partial charge in [0.25, 0.3) is 0 Å². The first-order valence-corrected chi connectivity index (χ1v) is 6.60. The van der Waals surface area contributed by atoms with Crippen LogP contribution in [0.2, 0.25) is 0 Å². The van der Waals surface area contributed by atoms with Crippen LogP contribution in [0.15, 0.2) is 42.5 Å². The number of carbonyl (C=O) groups is 1. The number of rotatable bonds is 4. The number of hydrogen-bond donors (Lipinski definition) is 1. The average molecular weight is 288 g/mol. The van der Waals surface area contributed by atoms with Gasteiger partial charge in [0.2, 0.25) is 0 Å². The number of ether oxygens (including phenoxy) is 1. The summed E-state index contributed by atoms with van der Waals surface area (Å²) in [6, 6.07) is 11.4. The van der Waals surface area contributed by atoms with Crippen molar-refractivity contribution in [2.75, 3.05) is 24.3 Å². The molecular weight excluding hydrogens is 271 g/mol. The van der Waals surface area contributed by atoms with E-state index in [9.17, 15) is 9.18 Å². The first kappa shape index (κ1) is 14.8. The molecule has 5 heteroatoms. The molecule has 2 aromatic carbocycles. The Bertz CT molecular complexity index is 658. The highest BCUT2D eigenvalue weighted by molar-refractivity contribution is 5.99. The van der Waals surface area contributed by atoms with Crippen molar-refractivity contribution in [1.82, 2.24) is 0 Å². The fraction of sp³-hybridized carbons (Fsp3) is 0.188. The maximum atomic E-state index is 13.9. The summed E-state index contributed by atoms with van der Waals surface area (Å²) in [5.74, 6) is -0.847. The Morgan fingerprint density at radius 1 is 1.19 bits per heavy atom. The van der Waals surface area contributed by atoms with Crippen LogP contribution in [0.4, 0.5) is 21.5 Å². The molecule has 21 heavy (non-hydrogen) atoms. The highest BCUT2D eigenvalue weighted by atomic mass is 19.1. The summed E-state index contributed by atoms with van der Waals surface area (Å²) >= 11 is 0. The lowest BCUT2D eigenvalue weighted by Crippen LogP contribution is -2.16. The number of nitrogen functional groups attached to an aromatic ring is 1. The van der Waals surface area contributed by atoms with E-state index in [4.69, 9.17) is 10.5 Å². The van der Waals surface area contributed by atoms with Crippen LogP contribution in [-0.4, -0.2) is 19.6 Å². The van der Waals surface area contributed by atoms with Gasteiger partial charge in [-0.25, -0.2) is 9.18 Å². The molecule has 0 unspecified atom stereocenters. The molecular formula is C16H17FN2O2. The van der Waals surface area contributed by atoms with Gasteiger partial charge in [-0.1, -0.05) is 18.2 Å². The first-order valence-electron chi connectivity index (χ1n) is 6.60. The van der Waals surface area contributed by atoms with Crippen LogP contribution in [0.1, 0.15) is 17.3 Å². The maximum Gasteiger partial charge on any atom is 0.340 e. The SMILES string of the molecule is CCOC(=O)c1cccc(N(C)c2ccccc2F)c1N. The fourth-order valence-corrected chi connectivity index (χ4v) is 2.09. The zero-order valence-corrected chi connectivity index (χ0v) is 12.0. The van der Waals surface area contributed by atoms with Gasteiger partial charge in [-0.15, -0.1) is 0 Å². The minimum absolute atomic E-state index is 0.265. The molecule has 0 atom stereocenters. The molecule has 0 aromatic heterocycles. The number of halogens is 1. The molecule has 0 radical (unpaired) electrons. The Morgan fingerprint density at radius 3 is 2.52 bits per heavy atom. The van der Waals surface area contributed by atoms with Crippen LogP contribution in [-0.2, 0) is 4.74 Å². The Hall–Kier alpha value is -2.56. The summed E-state index contributed by atoms with van der Waals surface area (Å²) < 4.78 is 18.8. The number of carbonyl (C=O) groups excluding carboxylic acids is 1. The summed E-state index contributed by atoms with van der Waals surface area (Å²) in [5.41, 5.74) is 7.51. The molecule has 0 heterocycles. The Balaban J connectivity index is 2.43. The van der Waals surface area contributed by atoms with Crippen LogP contribution in [0.25, 0.3) is 0 Å². The third-order valence-corrected chi connectivity index (χ3v) is 3.15. The average Bonchev–Trinajstić information content (AvgIpc) is 2.47. The Kier molecular flexibility index (Phi) is 4.42. The molecule has 0 fully saturated rings. The summed E-state index contributed by atoms with van der Waals surface area (Å²) in [6.07, 6.45) is 0. The van der Waals surface area contributed by atoms with Gasteiger partial charge in [0, 0.05) is 7.05 Å². The molecule has 0 aliphatic carbocycles. The van der Waals surface area contributed by atoms with Crippen molar-refractivity contribution in [3.63, 3.8) is 0 Å². The molecule has 0 saturated heterocycles. The largest absolute Gasteiger partial charge is 0.462 e. The second-order valence-corrected chi connectivity index (χ2v) is 4.47. The number of anilines is 3. The van der Waals surface area contributed by atoms with E-state index < -0.39 is 5.97 Å². The van der Waals surface area contributed by atoms with Gasteiger partial charge in [-0.2, -0.15) is 0 Å². The van der Waals surface area contributed by atoms with E-state index in [0.29, 0.717) is 11.4 Å². The first-order chi connectivity index (χ1) is 10.1. The second-order valence-electron chi connectivity index (χ2n) is 4.47. The summed E-state index contributed by atoms with van der Waals surface area (Å²) in [6.45, 7) is 2.00. The third-order valence-electron chi connectivity index (χ3n) is 3.15. The zero-order valence-electron chi connectivity index (χ0n) is 12.0. The quantitative estimate of drug-likeness (QED) is 0.692. The molecule has 0 spiro atoms. The van der Waals surface area contributed by atoms with Gasteiger partial charge in [0.15, 0.2) is 0 Å². The fourth-order valence-electron chi connectivity index (χ4n) is 2.09. The van der Waals surface area contributed by atoms with Crippen molar-refractivity contribution in [2.45, 2.75) is 6.92 Å². The van der Waals surface area contributed by atoms with Gasteiger partial charge in [0.1, 0.15) is 5.82 Å². The van der Waals surface area contributed by atoms with Crippen molar-refractivity contribution >= 4 is 23.0 Å². The molecule has 0 amide bonds. The standard InChI is InChI=1S/C16H17FN2O2/c1-3-21-16(20)11-7-6-10-14(15(11)18)19(2)13-9-5-4-8-12(13)17/h4-10H,3,18H2,1-2H3. The number of hydrogen-bond acceptors (Lipinski definition) is 4. The minimum atomic E-state index is -0.487. The number of benzene rings is 2. The summed E-state index contributed by atoms with van der Waals surface area (Å²) in [5, 5.41) is 0. The third kappa shape index (κ3) is 2.97. The maximum absolute atomic E-state index is 13.9. The van der Waals surface area contributed by atoms with Gasteiger partial charge in [0.05, 0.1) is 29.2 Å². The highest BCUT2D eigenvalue weighted by Gasteiger charge is 2.17. The molecule has 110 valence electrons. The molecule has 2 N–H and O–H groups in total. The lowest BCUT2D eigenvalue weighted by atomic mass is 10.1. The molecule has 2 aromatic rings. The lowest BCUT2D eigenvalue weighted by Gasteiger charge is -2.22. The van der Waals surface area contributed by atoms with E-state index in [1.54, 1.807) is 55.3 Å². The topological polar surface area (TPSA) is 55.6 Å². The van der Waals surface area contributed by atoms with E-state index in [0.717, 1.165) is 0 Å². The summed E-state index contributed by atoms with van der Waals surface area (Å²) in [4.78, 5) is 13.5. The van der Waals surface area contributed by atoms with Crippen LogP contribution in [0.3, 0.4) is 0 Å². The van der Waals surface area contributed by atoms with Crippen LogP contribution in [0.5, 0.6) is 0 Å². The number of esters is 1. The minimum Gasteiger partial charge on any atom is -0.462 e. The van der Waals surface area contributed by atoms with Crippen molar-refractivity contribution in [1.29, 1.82) is 0 Å². The predicted octanol–water partition coefficient (Wildman–Crippen LogP) is 3.35. The number of para-hydroxylation sites is 2. The highest BCUT2D eigenvalue weighted by Crippen LogP contribution is 2.32. The van der Waals surface area contributed by atoms with Crippen molar-refractivity contribution in [2.24, 2.45) is 0 Å². The van der Waals surface area contributed by atoms with E-state index in [-0.39, 0.29) is 23.7 Å². The number of nitrogens with zero attached hydrogens (tertiary/aromatic N) is 1. The monoisotopic (exact) mass is 288 g/mol. The second kappa shape index (κ2) is 6.26. The zero-order chi connectivity index (χ0) is 15.4. The van der Waals surface area contributed by atoms with E-state index >= 15 is 0 Å². The van der Waals surface area contributed by atoms with Crippen molar-refractivity contribution in [3.05, 3.63) is 53.8 Å². The normalized spacial score (nSPS) is 10.2. The van der Waals surface area contributed by atoms with E-state index in [1.165, 1.54) is 6.07 Å². The molecule has 0 aliphatic rings. The van der Waals surface area contributed by atoms with Crippen LogP contribution >= 0.6 is 0 Å². The molecule has 0 bridgehead atoms. The van der Waals surface area contributed by atoms with Crippen LogP contribution < -0.4 is 10.6 Å². The Morgan fingerprint density at radius 2 is 1.86 bits per heavy atom. The Labute approximate surface area is 122 Å². The lowest BCUT2D eigenvalue weighted by molar-refractivity contribution is 0.0527.